The normalized spacial score (nSPS) is 10.6. The number of amides is 2. The quantitative estimate of drug-likeness (QED) is 0.544. The summed E-state index contributed by atoms with van der Waals surface area (Å²) in [6.07, 6.45) is 0. The van der Waals surface area contributed by atoms with Crippen LogP contribution in [0, 0.1) is 13.8 Å². The number of nitrogens with zero attached hydrogens (tertiary/aromatic N) is 1. The minimum atomic E-state index is -0.344. The van der Waals surface area contributed by atoms with E-state index in [1.54, 1.807) is 18.2 Å². The first-order chi connectivity index (χ1) is 11.9. The first-order valence-corrected chi connectivity index (χ1v) is 9.11. The molecule has 0 aliphatic heterocycles. The molecule has 2 N–H and O–H groups in total. The molecule has 2 amide bonds. The number of benzene rings is 2. The average Bonchev–Trinajstić information content (AvgIpc) is 2.96. The van der Waals surface area contributed by atoms with Crippen molar-refractivity contribution in [3.05, 3.63) is 63.0 Å². The van der Waals surface area contributed by atoms with Crippen molar-refractivity contribution in [3.63, 3.8) is 0 Å². The van der Waals surface area contributed by atoms with E-state index < -0.39 is 0 Å². The standard InChI is InChI=1S/C18H15Cl2N3OS/c1-10-5-11(2)7-13(6-10)21-17(24)23-18-22-16(9-25-18)14-8-12(19)3-4-15(14)20/h3-9H,1-2H3,(H2,21,22,23,24). The maximum atomic E-state index is 12.2. The van der Waals surface area contributed by atoms with Gasteiger partial charge in [0.05, 0.1) is 10.7 Å². The molecule has 0 fully saturated rings. The first-order valence-electron chi connectivity index (χ1n) is 7.48. The Labute approximate surface area is 159 Å². The number of hydrogen-bond donors (Lipinski definition) is 2. The summed E-state index contributed by atoms with van der Waals surface area (Å²) < 4.78 is 0. The van der Waals surface area contributed by atoms with Gasteiger partial charge in [0.25, 0.3) is 0 Å². The van der Waals surface area contributed by atoms with Gasteiger partial charge in [-0.05, 0) is 55.3 Å². The summed E-state index contributed by atoms with van der Waals surface area (Å²) in [6.45, 7) is 3.97. The summed E-state index contributed by atoms with van der Waals surface area (Å²) in [5.74, 6) is 0. The minimum Gasteiger partial charge on any atom is -0.308 e. The summed E-state index contributed by atoms with van der Waals surface area (Å²) in [6, 6.07) is 10.7. The number of halogens is 2. The summed E-state index contributed by atoms with van der Waals surface area (Å²) in [7, 11) is 0. The largest absolute Gasteiger partial charge is 0.325 e. The molecular formula is C18H15Cl2N3OS. The van der Waals surface area contributed by atoms with Crippen molar-refractivity contribution in [1.29, 1.82) is 0 Å². The molecule has 3 rings (SSSR count). The maximum absolute atomic E-state index is 12.2. The number of anilines is 2. The Kier molecular flexibility index (Phi) is 5.27. The molecule has 7 heteroatoms. The highest BCUT2D eigenvalue weighted by molar-refractivity contribution is 7.14. The predicted molar refractivity (Wildman–Crippen MR) is 106 cm³/mol. The molecule has 4 nitrogen and oxygen atoms in total. The van der Waals surface area contributed by atoms with Gasteiger partial charge < -0.3 is 5.32 Å². The van der Waals surface area contributed by atoms with Crippen LogP contribution in [0.2, 0.25) is 10.0 Å². The SMILES string of the molecule is Cc1cc(C)cc(NC(=O)Nc2nc(-c3cc(Cl)ccc3Cl)cs2)c1. The molecule has 0 spiro atoms. The molecule has 1 heterocycles. The molecule has 1 aromatic heterocycles. The van der Waals surface area contributed by atoms with Crippen LogP contribution >= 0.6 is 34.5 Å². The van der Waals surface area contributed by atoms with Gasteiger partial charge in [0.1, 0.15) is 0 Å². The number of aryl methyl sites for hydroxylation is 2. The fourth-order valence-electron chi connectivity index (χ4n) is 2.45. The molecule has 0 saturated carbocycles. The van der Waals surface area contributed by atoms with Gasteiger partial charge >= 0.3 is 6.03 Å². The van der Waals surface area contributed by atoms with Crippen molar-refractivity contribution in [2.24, 2.45) is 0 Å². The number of carbonyl (C=O) groups excluding carboxylic acids is 1. The second kappa shape index (κ2) is 7.44. The lowest BCUT2D eigenvalue weighted by Crippen LogP contribution is -2.19. The van der Waals surface area contributed by atoms with E-state index in [1.807, 2.05) is 37.4 Å². The van der Waals surface area contributed by atoms with Crippen LogP contribution in [-0.2, 0) is 0 Å². The van der Waals surface area contributed by atoms with E-state index in [2.05, 4.69) is 15.6 Å². The molecule has 2 aromatic carbocycles. The van der Waals surface area contributed by atoms with E-state index >= 15 is 0 Å². The number of carbonyl (C=O) groups is 1. The first kappa shape index (κ1) is 17.7. The van der Waals surface area contributed by atoms with Crippen LogP contribution in [-0.4, -0.2) is 11.0 Å². The lowest BCUT2D eigenvalue weighted by Gasteiger charge is -2.07. The van der Waals surface area contributed by atoms with Gasteiger partial charge in [0.15, 0.2) is 5.13 Å². The van der Waals surface area contributed by atoms with Gasteiger partial charge in [-0.3, -0.25) is 5.32 Å². The van der Waals surface area contributed by atoms with Crippen LogP contribution in [0.4, 0.5) is 15.6 Å². The van der Waals surface area contributed by atoms with Crippen LogP contribution in [0.25, 0.3) is 11.3 Å². The third-order valence-corrected chi connectivity index (χ3v) is 4.73. The molecule has 0 unspecified atom stereocenters. The molecule has 0 aliphatic carbocycles. The Bertz CT molecular complexity index is 920. The van der Waals surface area contributed by atoms with Crippen LogP contribution < -0.4 is 10.6 Å². The molecule has 0 radical (unpaired) electrons. The minimum absolute atomic E-state index is 0.344. The van der Waals surface area contributed by atoms with Crippen molar-refractivity contribution in [2.45, 2.75) is 13.8 Å². The van der Waals surface area contributed by atoms with Crippen molar-refractivity contribution in [3.8, 4) is 11.3 Å². The predicted octanol–water partition coefficient (Wildman–Crippen LogP) is 6.38. The third kappa shape index (κ3) is 4.51. The van der Waals surface area contributed by atoms with Gasteiger partial charge in [0.2, 0.25) is 0 Å². The summed E-state index contributed by atoms with van der Waals surface area (Å²) >= 11 is 13.5. The second-order valence-electron chi connectivity index (χ2n) is 5.62. The highest BCUT2D eigenvalue weighted by Gasteiger charge is 2.11. The topological polar surface area (TPSA) is 54.0 Å². The van der Waals surface area contributed by atoms with Gasteiger partial charge in [0, 0.05) is 21.7 Å². The van der Waals surface area contributed by atoms with Crippen LogP contribution in [0.5, 0.6) is 0 Å². The molecule has 0 aliphatic rings. The van der Waals surface area contributed by atoms with E-state index in [-0.39, 0.29) is 6.03 Å². The van der Waals surface area contributed by atoms with Crippen molar-refractivity contribution >= 4 is 51.4 Å². The lowest BCUT2D eigenvalue weighted by atomic mass is 10.1. The van der Waals surface area contributed by atoms with E-state index in [0.29, 0.717) is 20.9 Å². The van der Waals surface area contributed by atoms with E-state index in [0.717, 1.165) is 22.4 Å². The Morgan fingerprint density at radius 2 is 1.76 bits per heavy atom. The van der Waals surface area contributed by atoms with Gasteiger partial charge in [-0.15, -0.1) is 11.3 Å². The smallest absolute Gasteiger partial charge is 0.308 e. The Hall–Kier alpha value is -2.08. The van der Waals surface area contributed by atoms with Gasteiger partial charge in [-0.2, -0.15) is 0 Å². The average molecular weight is 392 g/mol. The Balaban J connectivity index is 1.72. The zero-order valence-corrected chi connectivity index (χ0v) is 15.9. The maximum Gasteiger partial charge on any atom is 0.325 e. The van der Waals surface area contributed by atoms with Gasteiger partial charge in [-0.1, -0.05) is 29.3 Å². The van der Waals surface area contributed by atoms with Crippen LogP contribution in [0.1, 0.15) is 11.1 Å². The fourth-order valence-corrected chi connectivity index (χ4v) is 3.55. The van der Waals surface area contributed by atoms with Crippen molar-refractivity contribution < 1.29 is 4.79 Å². The fraction of sp³-hybridized carbons (Fsp3) is 0.111. The highest BCUT2D eigenvalue weighted by atomic mass is 35.5. The molecule has 0 bridgehead atoms. The summed E-state index contributed by atoms with van der Waals surface area (Å²) in [4.78, 5) is 16.6. The third-order valence-electron chi connectivity index (χ3n) is 3.41. The molecule has 0 atom stereocenters. The zero-order chi connectivity index (χ0) is 18.0. The number of urea groups is 1. The number of nitrogens with one attached hydrogen (secondary N) is 2. The molecule has 128 valence electrons. The van der Waals surface area contributed by atoms with E-state index in [9.17, 15) is 4.79 Å². The monoisotopic (exact) mass is 391 g/mol. The molecule has 25 heavy (non-hydrogen) atoms. The number of thiazole rings is 1. The lowest BCUT2D eigenvalue weighted by molar-refractivity contribution is 0.262. The van der Waals surface area contributed by atoms with E-state index in [1.165, 1.54) is 11.3 Å². The molecule has 0 saturated heterocycles. The summed E-state index contributed by atoms with van der Waals surface area (Å²) in [5, 5.41) is 8.98. The highest BCUT2D eigenvalue weighted by Crippen LogP contribution is 2.32. The molecule has 3 aromatic rings. The zero-order valence-electron chi connectivity index (χ0n) is 13.6. The van der Waals surface area contributed by atoms with Gasteiger partial charge in [-0.25, -0.2) is 9.78 Å². The number of hydrogen-bond acceptors (Lipinski definition) is 3. The van der Waals surface area contributed by atoms with Crippen molar-refractivity contribution in [1.82, 2.24) is 4.98 Å². The van der Waals surface area contributed by atoms with Crippen LogP contribution in [0.3, 0.4) is 0 Å². The number of aromatic nitrogens is 1. The number of rotatable bonds is 3. The summed E-state index contributed by atoms with van der Waals surface area (Å²) in [5.41, 5.74) is 4.31. The second-order valence-corrected chi connectivity index (χ2v) is 7.32. The van der Waals surface area contributed by atoms with E-state index in [4.69, 9.17) is 23.2 Å². The Morgan fingerprint density at radius 1 is 1.04 bits per heavy atom. The van der Waals surface area contributed by atoms with Crippen LogP contribution in [0.15, 0.2) is 41.8 Å². The van der Waals surface area contributed by atoms with Crippen molar-refractivity contribution in [2.75, 3.05) is 10.6 Å². The Morgan fingerprint density at radius 3 is 2.48 bits per heavy atom. The molecular weight excluding hydrogens is 377 g/mol.